The van der Waals surface area contributed by atoms with E-state index in [0.29, 0.717) is 5.69 Å². The number of rotatable bonds is 7. The second-order valence-electron chi connectivity index (χ2n) is 3.59. The Morgan fingerprint density at radius 1 is 1.19 bits per heavy atom. The van der Waals surface area contributed by atoms with Gasteiger partial charge in [-0.3, -0.25) is 0 Å². The molecule has 0 aliphatic carbocycles. The lowest BCUT2D eigenvalue weighted by Gasteiger charge is -2.05. The normalized spacial score (nSPS) is 9.56. The summed E-state index contributed by atoms with van der Waals surface area (Å²) in [7, 11) is 0. The number of hydrogen-bond donors (Lipinski definition) is 0. The van der Waals surface area contributed by atoms with E-state index in [0.717, 1.165) is 18.8 Å². The Morgan fingerprint density at radius 3 is 2.56 bits per heavy atom. The van der Waals surface area contributed by atoms with Crippen LogP contribution in [0.15, 0.2) is 29.4 Å². The van der Waals surface area contributed by atoms with Crippen molar-refractivity contribution in [1.29, 1.82) is 0 Å². The molecule has 0 N–H and O–H groups in total. The lowest BCUT2D eigenvalue weighted by atomic mass is 10.2. The molecular weight excluding hydrogens is 202 g/mol. The number of benzene rings is 1. The van der Waals surface area contributed by atoms with E-state index in [1.807, 2.05) is 12.1 Å². The molecule has 1 aromatic carbocycles. The summed E-state index contributed by atoms with van der Waals surface area (Å²) < 4.78 is 5.55. The third-order valence-electron chi connectivity index (χ3n) is 2.26. The predicted octanol–water partition coefficient (Wildman–Crippen LogP) is 4.59. The highest BCUT2D eigenvalue weighted by atomic mass is 16.5. The van der Waals surface area contributed by atoms with Crippen LogP contribution < -0.4 is 4.74 Å². The first kappa shape index (κ1) is 12.4. The van der Waals surface area contributed by atoms with Crippen LogP contribution >= 0.6 is 0 Å². The van der Waals surface area contributed by atoms with Crippen molar-refractivity contribution in [3.05, 3.63) is 34.7 Å². The van der Waals surface area contributed by atoms with Gasteiger partial charge < -0.3 is 4.74 Å². The van der Waals surface area contributed by atoms with Gasteiger partial charge in [0, 0.05) is 10.6 Å². The first-order valence-corrected chi connectivity index (χ1v) is 5.64. The summed E-state index contributed by atoms with van der Waals surface area (Å²) in [5.74, 6) is 0.827. The van der Waals surface area contributed by atoms with Crippen LogP contribution in [0.1, 0.15) is 32.6 Å². The first-order chi connectivity index (χ1) is 7.86. The number of azide groups is 1. The molecule has 1 aromatic rings. The van der Waals surface area contributed by atoms with Crippen LogP contribution in [0.3, 0.4) is 0 Å². The van der Waals surface area contributed by atoms with Gasteiger partial charge >= 0.3 is 0 Å². The molecule has 4 nitrogen and oxygen atoms in total. The van der Waals surface area contributed by atoms with E-state index in [4.69, 9.17) is 10.3 Å². The summed E-state index contributed by atoms with van der Waals surface area (Å²) in [5, 5.41) is 3.49. The molecule has 0 saturated heterocycles. The fourth-order valence-corrected chi connectivity index (χ4v) is 1.38. The number of hydrogen-bond acceptors (Lipinski definition) is 2. The van der Waals surface area contributed by atoms with Crippen molar-refractivity contribution >= 4 is 5.69 Å². The molecule has 1 rings (SSSR count). The molecule has 0 heterocycles. The highest BCUT2D eigenvalue weighted by Crippen LogP contribution is 2.18. The fraction of sp³-hybridized carbons (Fsp3) is 0.500. The molecule has 16 heavy (non-hydrogen) atoms. The van der Waals surface area contributed by atoms with Gasteiger partial charge in [-0.1, -0.05) is 31.3 Å². The maximum Gasteiger partial charge on any atom is 0.119 e. The van der Waals surface area contributed by atoms with E-state index >= 15 is 0 Å². The summed E-state index contributed by atoms with van der Waals surface area (Å²) in [5.41, 5.74) is 8.85. The maximum atomic E-state index is 8.24. The topological polar surface area (TPSA) is 58.0 Å². The van der Waals surface area contributed by atoms with Gasteiger partial charge in [0.05, 0.1) is 6.61 Å². The molecular formula is C12H17N3O. The molecule has 0 aromatic heterocycles. The van der Waals surface area contributed by atoms with Gasteiger partial charge in [-0.2, -0.15) is 0 Å². The molecule has 4 heteroatoms. The third kappa shape index (κ3) is 4.71. The van der Waals surface area contributed by atoms with Crippen LogP contribution in [-0.4, -0.2) is 6.61 Å². The number of unbranched alkanes of at least 4 members (excludes halogenated alkanes) is 3. The van der Waals surface area contributed by atoms with Gasteiger partial charge in [0.2, 0.25) is 0 Å². The second kappa shape index (κ2) is 7.60. The minimum atomic E-state index is 0.612. The Kier molecular flexibility index (Phi) is 5.89. The van der Waals surface area contributed by atoms with Crippen LogP contribution in [0.2, 0.25) is 0 Å². The van der Waals surface area contributed by atoms with Gasteiger partial charge in [-0.15, -0.1) is 0 Å². The molecule has 0 atom stereocenters. The average Bonchev–Trinajstić information content (AvgIpc) is 2.31. The van der Waals surface area contributed by atoms with Crippen molar-refractivity contribution < 1.29 is 4.74 Å². The van der Waals surface area contributed by atoms with E-state index in [1.54, 1.807) is 12.1 Å². The summed E-state index contributed by atoms with van der Waals surface area (Å²) in [6.45, 7) is 2.94. The van der Waals surface area contributed by atoms with Gasteiger partial charge in [0.1, 0.15) is 5.75 Å². The first-order valence-electron chi connectivity index (χ1n) is 5.64. The van der Waals surface area contributed by atoms with Gasteiger partial charge in [0.25, 0.3) is 0 Å². The zero-order valence-electron chi connectivity index (χ0n) is 9.59. The monoisotopic (exact) mass is 219 g/mol. The van der Waals surface area contributed by atoms with E-state index in [-0.39, 0.29) is 0 Å². The smallest absolute Gasteiger partial charge is 0.119 e. The Hall–Kier alpha value is -1.67. The van der Waals surface area contributed by atoms with Crippen LogP contribution in [0, 0.1) is 0 Å². The Labute approximate surface area is 95.9 Å². The third-order valence-corrected chi connectivity index (χ3v) is 2.26. The quantitative estimate of drug-likeness (QED) is 0.286. The Morgan fingerprint density at radius 2 is 1.94 bits per heavy atom. The molecule has 0 unspecified atom stereocenters. The van der Waals surface area contributed by atoms with Gasteiger partial charge in [-0.25, -0.2) is 0 Å². The minimum absolute atomic E-state index is 0.612. The van der Waals surface area contributed by atoms with Crippen LogP contribution in [0.4, 0.5) is 5.69 Å². The van der Waals surface area contributed by atoms with E-state index < -0.39 is 0 Å². The fourth-order valence-electron chi connectivity index (χ4n) is 1.38. The van der Waals surface area contributed by atoms with Crippen molar-refractivity contribution in [3.8, 4) is 5.75 Å². The molecule has 0 aliphatic rings. The zero-order chi connectivity index (χ0) is 11.6. The number of ether oxygens (including phenoxy) is 1. The summed E-state index contributed by atoms with van der Waals surface area (Å²) in [6.07, 6.45) is 4.80. The van der Waals surface area contributed by atoms with Crippen molar-refractivity contribution in [2.75, 3.05) is 6.61 Å². The molecule has 0 aliphatic heterocycles. The van der Waals surface area contributed by atoms with Crippen molar-refractivity contribution in [1.82, 2.24) is 0 Å². The lowest BCUT2D eigenvalue weighted by molar-refractivity contribution is 0.305. The van der Waals surface area contributed by atoms with Crippen molar-refractivity contribution in [3.63, 3.8) is 0 Å². The molecule has 0 amide bonds. The van der Waals surface area contributed by atoms with E-state index in [9.17, 15) is 0 Å². The molecule has 0 saturated carbocycles. The van der Waals surface area contributed by atoms with Gasteiger partial charge in [-0.05, 0) is 36.2 Å². The average molecular weight is 219 g/mol. The molecule has 0 spiro atoms. The second-order valence-corrected chi connectivity index (χ2v) is 3.59. The van der Waals surface area contributed by atoms with Crippen LogP contribution in [0.25, 0.3) is 10.4 Å². The maximum absolute atomic E-state index is 8.24. The van der Waals surface area contributed by atoms with Gasteiger partial charge in [0.15, 0.2) is 0 Å². The summed E-state index contributed by atoms with van der Waals surface area (Å²) in [4.78, 5) is 2.72. The van der Waals surface area contributed by atoms with Crippen LogP contribution in [0.5, 0.6) is 5.75 Å². The predicted molar refractivity (Wildman–Crippen MR) is 64.9 cm³/mol. The molecule has 0 bridgehead atoms. The van der Waals surface area contributed by atoms with Crippen LogP contribution in [-0.2, 0) is 0 Å². The van der Waals surface area contributed by atoms with E-state index in [1.165, 1.54) is 19.3 Å². The van der Waals surface area contributed by atoms with Crippen molar-refractivity contribution in [2.24, 2.45) is 5.11 Å². The lowest BCUT2D eigenvalue weighted by Crippen LogP contribution is -1.96. The van der Waals surface area contributed by atoms with Crippen molar-refractivity contribution in [2.45, 2.75) is 32.6 Å². The molecule has 0 fully saturated rings. The Bertz CT molecular complexity index is 342. The molecule has 86 valence electrons. The summed E-state index contributed by atoms with van der Waals surface area (Å²) >= 11 is 0. The zero-order valence-corrected chi connectivity index (χ0v) is 9.59. The Balaban J connectivity index is 2.29. The standard InChI is InChI=1S/C12H17N3O/c1-2-3-4-5-10-16-12-8-6-11(7-9-12)14-15-13/h6-9H,2-5,10H2,1H3. The largest absolute Gasteiger partial charge is 0.494 e. The number of nitrogens with zero attached hydrogens (tertiary/aromatic N) is 3. The van der Waals surface area contributed by atoms with E-state index in [2.05, 4.69) is 16.9 Å². The minimum Gasteiger partial charge on any atom is -0.494 e. The summed E-state index contributed by atoms with van der Waals surface area (Å²) in [6, 6.07) is 7.15. The SMILES string of the molecule is CCCCCCOc1ccc(N=[N+]=[N-])cc1. The highest BCUT2D eigenvalue weighted by Gasteiger charge is 1.94. The highest BCUT2D eigenvalue weighted by molar-refractivity contribution is 5.40. The molecule has 0 radical (unpaired) electrons.